The molecule has 2 N–H and O–H groups in total. The van der Waals surface area contributed by atoms with Gasteiger partial charge in [0.2, 0.25) is 10.0 Å². The molecular formula is C10H20N2O2S. The van der Waals surface area contributed by atoms with Crippen molar-refractivity contribution in [3.8, 4) is 0 Å². The highest BCUT2D eigenvalue weighted by Crippen LogP contribution is 2.38. The van der Waals surface area contributed by atoms with Gasteiger partial charge in [0.05, 0.1) is 5.75 Å². The molecule has 2 aliphatic rings. The van der Waals surface area contributed by atoms with E-state index in [1.807, 2.05) is 6.92 Å². The van der Waals surface area contributed by atoms with E-state index in [4.69, 9.17) is 5.73 Å². The summed E-state index contributed by atoms with van der Waals surface area (Å²) in [5.74, 6) is 1.21. The minimum atomic E-state index is -3.00. The zero-order chi connectivity index (χ0) is 11.1. The molecule has 3 atom stereocenters. The van der Waals surface area contributed by atoms with Crippen molar-refractivity contribution >= 4 is 10.0 Å². The van der Waals surface area contributed by atoms with Crippen molar-refractivity contribution in [1.82, 2.24) is 4.31 Å². The van der Waals surface area contributed by atoms with Crippen molar-refractivity contribution in [1.29, 1.82) is 0 Å². The molecule has 0 amide bonds. The van der Waals surface area contributed by atoms with E-state index in [0.717, 1.165) is 12.8 Å². The molecule has 0 aromatic carbocycles. The van der Waals surface area contributed by atoms with E-state index in [0.29, 0.717) is 31.3 Å². The third-order valence-corrected chi connectivity index (χ3v) is 5.74. The second kappa shape index (κ2) is 4.03. The van der Waals surface area contributed by atoms with Gasteiger partial charge >= 0.3 is 0 Å². The first-order chi connectivity index (χ1) is 7.04. The van der Waals surface area contributed by atoms with Gasteiger partial charge in [-0.2, -0.15) is 0 Å². The Kier molecular flexibility index (Phi) is 3.05. The highest BCUT2D eigenvalue weighted by atomic mass is 32.2. The van der Waals surface area contributed by atoms with Crippen LogP contribution in [0.2, 0.25) is 0 Å². The van der Waals surface area contributed by atoms with Crippen LogP contribution >= 0.6 is 0 Å². The summed E-state index contributed by atoms with van der Waals surface area (Å²) in [5.41, 5.74) is 5.98. The smallest absolute Gasteiger partial charge is 0.214 e. The predicted molar refractivity (Wildman–Crippen MR) is 59.8 cm³/mol. The molecule has 15 heavy (non-hydrogen) atoms. The van der Waals surface area contributed by atoms with Gasteiger partial charge in [-0.1, -0.05) is 6.92 Å². The maximum atomic E-state index is 11.9. The first-order valence-electron chi connectivity index (χ1n) is 5.78. The molecular weight excluding hydrogens is 212 g/mol. The lowest BCUT2D eigenvalue weighted by Gasteiger charge is -2.17. The van der Waals surface area contributed by atoms with Crippen molar-refractivity contribution in [2.75, 3.05) is 18.8 Å². The molecule has 1 saturated heterocycles. The minimum absolute atomic E-state index is 0.219. The second-order valence-corrected chi connectivity index (χ2v) is 6.89. The van der Waals surface area contributed by atoms with Crippen LogP contribution in [0.5, 0.6) is 0 Å². The first-order valence-corrected chi connectivity index (χ1v) is 7.39. The van der Waals surface area contributed by atoms with E-state index < -0.39 is 10.0 Å². The van der Waals surface area contributed by atoms with E-state index in [1.165, 1.54) is 0 Å². The summed E-state index contributed by atoms with van der Waals surface area (Å²) < 4.78 is 25.4. The summed E-state index contributed by atoms with van der Waals surface area (Å²) in [5, 5.41) is 0. The van der Waals surface area contributed by atoms with Gasteiger partial charge in [0, 0.05) is 19.1 Å². The van der Waals surface area contributed by atoms with Gasteiger partial charge in [0.25, 0.3) is 0 Å². The van der Waals surface area contributed by atoms with Crippen LogP contribution in [0.15, 0.2) is 0 Å². The molecule has 0 radical (unpaired) electrons. The Morgan fingerprint density at radius 2 is 2.07 bits per heavy atom. The summed E-state index contributed by atoms with van der Waals surface area (Å²) in [7, 11) is -3.00. The number of hydrogen-bond acceptors (Lipinski definition) is 3. The molecule has 2 rings (SSSR count). The molecule has 0 aromatic heterocycles. The van der Waals surface area contributed by atoms with Gasteiger partial charge in [0.15, 0.2) is 0 Å². The summed E-state index contributed by atoms with van der Waals surface area (Å²) in [6, 6.07) is 0.219. The normalized spacial score (nSPS) is 37.1. The van der Waals surface area contributed by atoms with Crippen molar-refractivity contribution in [2.45, 2.75) is 32.2 Å². The number of fused-ring (bicyclic) bond motifs is 1. The van der Waals surface area contributed by atoms with Crippen molar-refractivity contribution in [3.05, 3.63) is 0 Å². The van der Waals surface area contributed by atoms with E-state index in [2.05, 4.69) is 0 Å². The van der Waals surface area contributed by atoms with Crippen LogP contribution in [-0.2, 0) is 10.0 Å². The lowest BCUT2D eigenvalue weighted by Crippen LogP contribution is -2.34. The molecule has 1 aliphatic carbocycles. The van der Waals surface area contributed by atoms with E-state index >= 15 is 0 Å². The summed E-state index contributed by atoms with van der Waals surface area (Å²) in [6.07, 6.45) is 2.86. The van der Waals surface area contributed by atoms with Gasteiger partial charge in [-0.3, -0.25) is 0 Å². The predicted octanol–water partition coefficient (Wildman–Crippen LogP) is 0.395. The Morgan fingerprint density at radius 1 is 1.33 bits per heavy atom. The quantitative estimate of drug-likeness (QED) is 0.766. The first kappa shape index (κ1) is 11.4. The second-order valence-electron chi connectivity index (χ2n) is 4.80. The summed E-state index contributed by atoms with van der Waals surface area (Å²) in [4.78, 5) is 0. The molecule has 88 valence electrons. The van der Waals surface area contributed by atoms with Gasteiger partial charge in [0.1, 0.15) is 0 Å². The highest BCUT2D eigenvalue weighted by molar-refractivity contribution is 7.89. The Labute approximate surface area is 91.9 Å². The van der Waals surface area contributed by atoms with Crippen molar-refractivity contribution in [3.63, 3.8) is 0 Å². The average Bonchev–Trinajstić information content (AvgIpc) is 2.69. The molecule has 2 fully saturated rings. The summed E-state index contributed by atoms with van der Waals surface area (Å²) >= 11 is 0. The Bertz CT molecular complexity index is 328. The van der Waals surface area contributed by atoms with E-state index in [1.54, 1.807) is 4.31 Å². The summed E-state index contributed by atoms with van der Waals surface area (Å²) in [6.45, 7) is 3.27. The molecule has 5 heteroatoms. The topological polar surface area (TPSA) is 63.4 Å². The van der Waals surface area contributed by atoms with E-state index in [9.17, 15) is 8.42 Å². The van der Waals surface area contributed by atoms with Crippen molar-refractivity contribution < 1.29 is 8.42 Å². The monoisotopic (exact) mass is 232 g/mol. The zero-order valence-electron chi connectivity index (χ0n) is 9.22. The standard InChI is InChI=1S/C10H20N2O2S/c1-2-5-15(13,14)12-6-8-3-4-10(11)9(8)7-12/h8-10H,2-7,11H2,1H3. The SMILES string of the molecule is CCCS(=O)(=O)N1CC2CCC(N)C2C1. The van der Waals surface area contributed by atoms with Crippen LogP contribution in [0, 0.1) is 11.8 Å². The van der Waals surface area contributed by atoms with Crippen LogP contribution in [0.3, 0.4) is 0 Å². The van der Waals surface area contributed by atoms with Crippen LogP contribution in [0.25, 0.3) is 0 Å². The number of sulfonamides is 1. The third-order valence-electron chi connectivity index (χ3n) is 3.73. The van der Waals surface area contributed by atoms with Gasteiger partial charge < -0.3 is 5.73 Å². The van der Waals surface area contributed by atoms with Crippen molar-refractivity contribution in [2.24, 2.45) is 17.6 Å². The van der Waals surface area contributed by atoms with Crippen LogP contribution in [0.4, 0.5) is 0 Å². The zero-order valence-corrected chi connectivity index (χ0v) is 10.0. The van der Waals surface area contributed by atoms with E-state index in [-0.39, 0.29) is 11.8 Å². The third kappa shape index (κ3) is 2.05. The van der Waals surface area contributed by atoms with Gasteiger partial charge in [-0.05, 0) is 31.1 Å². The number of nitrogens with two attached hydrogens (primary N) is 1. The van der Waals surface area contributed by atoms with Crippen LogP contribution in [-0.4, -0.2) is 37.6 Å². The maximum absolute atomic E-state index is 11.9. The molecule has 1 aliphatic heterocycles. The molecule has 3 unspecified atom stereocenters. The lowest BCUT2D eigenvalue weighted by molar-refractivity contribution is 0.427. The average molecular weight is 232 g/mol. The fourth-order valence-electron chi connectivity index (χ4n) is 2.88. The molecule has 0 bridgehead atoms. The molecule has 4 nitrogen and oxygen atoms in total. The Balaban J connectivity index is 2.05. The Hall–Kier alpha value is -0.130. The Morgan fingerprint density at radius 3 is 2.67 bits per heavy atom. The van der Waals surface area contributed by atoms with Crippen LogP contribution < -0.4 is 5.73 Å². The van der Waals surface area contributed by atoms with Gasteiger partial charge in [-0.25, -0.2) is 12.7 Å². The molecule has 0 spiro atoms. The van der Waals surface area contributed by atoms with Crippen LogP contribution in [0.1, 0.15) is 26.2 Å². The fraction of sp³-hybridized carbons (Fsp3) is 1.00. The number of nitrogens with zero attached hydrogens (tertiary/aromatic N) is 1. The largest absolute Gasteiger partial charge is 0.327 e. The molecule has 0 aromatic rings. The minimum Gasteiger partial charge on any atom is -0.327 e. The van der Waals surface area contributed by atoms with Gasteiger partial charge in [-0.15, -0.1) is 0 Å². The number of rotatable bonds is 3. The lowest BCUT2D eigenvalue weighted by atomic mass is 9.98. The molecule has 1 saturated carbocycles. The number of hydrogen-bond donors (Lipinski definition) is 1. The highest BCUT2D eigenvalue weighted by Gasteiger charge is 2.44. The maximum Gasteiger partial charge on any atom is 0.214 e. The fourth-order valence-corrected chi connectivity index (χ4v) is 4.47. The molecule has 1 heterocycles.